The van der Waals surface area contributed by atoms with Crippen molar-refractivity contribution in [2.24, 2.45) is 5.73 Å². The lowest BCUT2D eigenvalue weighted by Crippen LogP contribution is -2.54. The van der Waals surface area contributed by atoms with E-state index in [4.69, 9.17) is 5.73 Å². The van der Waals surface area contributed by atoms with Gasteiger partial charge in [0.2, 0.25) is 0 Å². The van der Waals surface area contributed by atoms with Gasteiger partial charge in [-0.1, -0.05) is 13.3 Å². The van der Waals surface area contributed by atoms with Crippen molar-refractivity contribution in [3.8, 4) is 0 Å². The molecule has 4 nitrogen and oxygen atoms in total. The third-order valence-corrected chi connectivity index (χ3v) is 5.64. The lowest BCUT2D eigenvalue weighted by Gasteiger charge is -2.39. The summed E-state index contributed by atoms with van der Waals surface area (Å²) >= 11 is 1.72. The summed E-state index contributed by atoms with van der Waals surface area (Å²) in [4.78, 5) is 2.09. The maximum Gasteiger partial charge on any atom is 0.164 e. The molecule has 1 rings (SSSR count). The highest BCUT2D eigenvalue weighted by Gasteiger charge is 2.34. The normalized spacial score (nSPS) is 25.6. The standard InChI is InChI=1S/C10H22N2O2S2/c1-3-4-9(7-11)12-5-6-15-8-10(12)16(2,13)14/h9-10H,3-8,11H2,1-2H3. The molecule has 6 heteroatoms. The summed E-state index contributed by atoms with van der Waals surface area (Å²) in [5.41, 5.74) is 5.75. The largest absolute Gasteiger partial charge is 0.329 e. The molecule has 2 atom stereocenters. The van der Waals surface area contributed by atoms with Crippen LogP contribution in [0, 0.1) is 0 Å². The Labute approximate surface area is 103 Å². The molecule has 2 unspecified atom stereocenters. The molecule has 1 aliphatic rings. The molecule has 0 amide bonds. The first kappa shape index (κ1) is 14.3. The van der Waals surface area contributed by atoms with Crippen molar-refractivity contribution in [3.63, 3.8) is 0 Å². The van der Waals surface area contributed by atoms with Crippen LogP contribution < -0.4 is 5.73 Å². The smallest absolute Gasteiger partial charge is 0.164 e. The quantitative estimate of drug-likeness (QED) is 0.786. The number of nitrogens with two attached hydrogens (primary N) is 1. The van der Waals surface area contributed by atoms with Gasteiger partial charge in [0.25, 0.3) is 0 Å². The Kier molecular flexibility index (Phi) is 5.56. The van der Waals surface area contributed by atoms with E-state index in [1.807, 2.05) is 0 Å². The molecule has 16 heavy (non-hydrogen) atoms. The van der Waals surface area contributed by atoms with Crippen molar-refractivity contribution < 1.29 is 8.42 Å². The molecule has 96 valence electrons. The van der Waals surface area contributed by atoms with Crippen molar-refractivity contribution in [2.75, 3.05) is 30.9 Å². The van der Waals surface area contributed by atoms with Crippen molar-refractivity contribution in [1.29, 1.82) is 0 Å². The third-order valence-electron chi connectivity index (χ3n) is 2.98. The van der Waals surface area contributed by atoms with Gasteiger partial charge in [0, 0.05) is 36.9 Å². The summed E-state index contributed by atoms with van der Waals surface area (Å²) in [5, 5.41) is -0.341. The number of hydrogen-bond acceptors (Lipinski definition) is 5. The summed E-state index contributed by atoms with van der Waals surface area (Å²) in [6.45, 7) is 3.49. The van der Waals surface area contributed by atoms with Gasteiger partial charge in [-0.05, 0) is 6.42 Å². The second kappa shape index (κ2) is 6.23. The first-order chi connectivity index (χ1) is 7.50. The van der Waals surface area contributed by atoms with Crippen LogP contribution in [-0.4, -0.2) is 55.6 Å². The zero-order chi connectivity index (χ0) is 12.2. The molecule has 0 aromatic heterocycles. The van der Waals surface area contributed by atoms with E-state index in [0.717, 1.165) is 25.1 Å². The molecule has 0 spiro atoms. The van der Waals surface area contributed by atoms with Gasteiger partial charge in [0.15, 0.2) is 9.84 Å². The molecular formula is C10H22N2O2S2. The van der Waals surface area contributed by atoms with Crippen LogP contribution in [0.25, 0.3) is 0 Å². The third kappa shape index (κ3) is 3.61. The average molecular weight is 266 g/mol. The minimum atomic E-state index is -3.00. The van der Waals surface area contributed by atoms with Gasteiger partial charge < -0.3 is 5.73 Å². The fourth-order valence-electron chi connectivity index (χ4n) is 2.13. The second-order valence-electron chi connectivity index (χ2n) is 4.28. The summed E-state index contributed by atoms with van der Waals surface area (Å²) in [5.74, 6) is 1.69. The van der Waals surface area contributed by atoms with Crippen molar-refractivity contribution in [2.45, 2.75) is 31.2 Å². The van der Waals surface area contributed by atoms with E-state index in [1.54, 1.807) is 11.8 Å². The van der Waals surface area contributed by atoms with Crippen molar-refractivity contribution in [1.82, 2.24) is 4.90 Å². The van der Waals surface area contributed by atoms with E-state index in [0.29, 0.717) is 12.3 Å². The molecule has 0 aromatic rings. The van der Waals surface area contributed by atoms with Gasteiger partial charge in [0.05, 0.1) is 0 Å². The Morgan fingerprint density at radius 3 is 2.75 bits per heavy atom. The highest BCUT2D eigenvalue weighted by atomic mass is 32.2. The van der Waals surface area contributed by atoms with Crippen LogP contribution in [-0.2, 0) is 9.84 Å². The molecule has 0 aromatic carbocycles. The van der Waals surface area contributed by atoms with E-state index in [-0.39, 0.29) is 11.4 Å². The van der Waals surface area contributed by atoms with Crippen LogP contribution in [0.4, 0.5) is 0 Å². The minimum Gasteiger partial charge on any atom is -0.329 e. The van der Waals surface area contributed by atoms with Crippen LogP contribution in [0.15, 0.2) is 0 Å². The topological polar surface area (TPSA) is 63.4 Å². The number of rotatable bonds is 5. The fourth-order valence-corrected chi connectivity index (χ4v) is 5.08. The van der Waals surface area contributed by atoms with Crippen LogP contribution in [0.2, 0.25) is 0 Å². The molecular weight excluding hydrogens is 244 g/mol. The van der Waals surface area contributed by atoms with Crippen molar-refractivity contribution in [3.05, 3.63) is 0 Å². The number of nitrogens with zero attached hydrogens (tertiary/aromatic N) is 1. The molecule has 1 saturated heterocycles. The molecule has 0 saturated carbocycles. The summed E-state index contributed by atoms with van der Waals surface area (Å²) in [6.07, 6.45) is 3.35. The highest BCUT2D eigenvalue weighted by molar-refractivity contribution is 8.00. The Morgan fingerprint density at radius 1 is 1.56 bits per heavy atom. The van der Waals surface area contributed by atoms with E-state index in [2.05, 4.69) is 11.8 Å². The maximum atomic E-state index is 11.7. The molecule has 1 aliphatic heterocycles. The summed E-state index contributed by atoms with van der Waals surface area (Å²) in [6, 6.07) is 0.214. The Bertz CT molecular complexity index is 306. The van der Waals surface area contributed by atoms with Crippen molar-refractivity contribution >= 4 is 21.6 Å². The van der Waals surface area contributed by atoms with Gasteiger partial charge in [0.1, 0.15) is 5.37 Å². The minimum absolute atomic E-state index is 0.214. The fraction of sp³-hybridized carbons (Fsp3) is 1.00. The Morgan fingerprint density at radius 2 is 2.25 bits per heavy atom. The predicted octanol–water partition coefficient (Wildman–Crippen LogP) is 0.533. The molecule has 1 fully saturated rings. The lowest BCUT2D eigenvalue weighted by molar-refractivity contribution is 0.186. The van der Waals surface area contributed by atoms with Crippen LogP contribution in [0.3, 0.4) is 0 Å². The molecule has 1 heterocycles. The van der Waals surface area contributed by atoms with Gasteiger partial charge >= 0.3 is 0 Å². The van der Waals surface area contributed by atoms with Gasteiger partial charge in [-0.25, -0.2) is 8.42 Å². The maximum absolute atomic E-state index is 11.7. The van der Waals surface area contributed by atoms with E-state index < -0.39 is 9.84 Å². The van der Waals surface area contributed by atoms with E-state index in [9.17, 15) is 8.42 Å². The highest BCUT2D eigenvalue weighted by Crippen LogP contribution is 2.23. The Hall–Kier alpha value is 0.220. The van der Waals surface area contributed by atoms with E-state index in [1.165, 1.54) is 6.26 Å². The summed E-state index contributed by atoms with van der Waals surface area (Å²) in [7, 11) is -3.00. The zero-order valence-electron chi connectivity index (χ0n) is 10.1. The van der Waals surface area contributed by atoms with Crippen LogP contribution >= 0.6 is 11.8 Å². The van der Waals surface area contributed by atoms with Gasteiger partial charge in [-0.2, -0.15) is 11.8 Å². The first-order valence-electron chi connectivity index (χ1n) is 5.73. The lowest BCUT2D eigenvalue weighted by atomic mass is 10.1. The summed E-state index contributed by atoms with van der Waals surface area (Å²) < 4.78 is 23.5. The molecule has 0 radical (unpaired) electrons. The SMILES string of the molecule is CCCC(CN)N1CCSCC1S(C)(=O)=O. The second-order valence-corrected chi connectivity index (χ2v) is 7.63. The first-order valence-corrected chi connectivity index (χ1v) is 8.84. The number of thioether (sulfide) groups is 1. The van der Waals surface area contributed by atoms with Gasteiger partial charge in [-0.15, -0.1) is 0 Å². The number of sulfone groups is 1. The number of hydrogen-bond donors (Lipinski definition) is 1. The molecule has 2 N–H and O–H groups in total. The van der Waals surface area contributed by atoms with Gasteiger partial charge in [-0.3, -0.25) is 4.90 Å². The molecule has 0 bridgehead atoms. The monoisotopic (exact) mass is 266 g/mol. The Balaban J connectivity index is 2.80. The average Bonchev–Trinajstić information content (AvgIpc) is 2.25. The predicted molar refractivity (Wildman–Crippen MR) is 70.4 cm³/mol. The van der Waals surface area contributed by atoms with Crippen LogP contribution in [0.1, 0.15) is 19.8 Å². The van der Waals surface area contributed by atoms with Crippen LogP contribution in [0.5, 0.6) is 0 Å². The van der Waals surface area contributed by atoms with E-state index >= 15 is 0 Å². The molecule has 0 aliphatic carbocycles. The zero-order valence-corrected chi connectivity index (χ0v) is 11.7.